The number of halogens is 1. The van der Waals surface area contributed by atoms with Crippen molar-refractivity contribution in [2.45, 2.75) is 38.8 Å². The van der Waals surface area contributed by atoms with E-state index in [1.807, 2.05) is 13.8 Å². The molecular formula is C15H24ClN3O3. The van der Waals surface area contributed by atoms with Gasteiger partial charge in [0.25, 0.3) is 5.91 Å². The summed E-state index contributed by atoms with van der Waals surface area (Å²) in [6.07, 6.45) is 3.46. The predicted molar refractivity (Wildman–Crippen MR) is 86.1 cm³/mol. The Morgan fingerprint density at radius 3 is 2.73 bits per heavy atom. The van der Waals surface area contributed by atoms with Gasteiger partial charge in [0.05, 0.1) is 6.26 Å². The molecule has 1 aliphatic rings. The van der Waals surface area contributed by atoms with Crippen LogP contribution in [-0.4, -0.2) is 37.0 Å². The largest absolute Gasteiger partial charge is 0.459 e. The Labute approximate surface area is 136 Å². The molecule has 0 radical (unpaired) electrons. The molecular weight excluding hydrogens is 306 g/mol. The van der Waals surface area contributed by atoms with E-state index in [-0.39, 0.29) is 41.9 Å². The molecule has 2 amide bonds. The Bertz CT molecular complexity index is 470. The van der Waals surface area contributed by atoms with Gasteiger partial charge in [-0.1, -0.05) is 13.8 Å². The molecule has 2 atom stereocenters. The molecule has 1 aromatic rings. The molecule has 2 heterocycles. The lowest BCUT2D eigenvalue weighted by molar-refractivity contribution is -0.124. The van der Waals surface area contributed by atoms with Gasteiger partial charge >= 0.3 is 0 Å². The summed E-state index contributed by atoms with van der Waals surface area (Å²) in [5, 5.41) is 9.00. The first-order valence-electron chi connectivity index (χ1n) is 7.43. The summed E-state index contributed by atoms with van der Waals surface area (Å²) >= 11 is 0. The summed E-state index contributed by atoms with van der Waals surface area (Å²) in [4.78, 5) is 24.4. The van der Waals surface area contributed by atoms with E-state index < -0.39 is 6.04 Å². The van der Waals surface area contributed by atoms with Gasteiger partial charge in [-0.15, -0.1) is 12.4 Å². The molecule has 0 aromatic carbocycles. The molecule has 2 rings (SSSR count). The zero-order valence-electron chi connectivity index (χ0n) is 12.9. The van der Waals surface area contributed by atoms with E-state index in [4.69, 9.17) is 4.42 Å². The minimum Gasteiger partial charge on any atom is -0.459 e. The Morgan fingerprint density at radius 2 is 2.18 bits per heavy atom. The maximum Gasteiger partial charge on any atom is 0.287 e. The lowest BCUT2D eigenvalue weighted by atomic mass is 10.0. The summed E-state index contributed by atoms with van der Waals surface area (Å²) in [6.45, 7) is 5.59. The molecule has 1 aromatic heterocycles. The van der Waals surface area contributed by atoms with Crippen molar-refractivity contribution in [1.29, 1.82) is 0 Å². The molecule has 1 aliphatic heterocycles. The van der Waals surface area contributed by atoms with Crippen LogP contribution in [0.1, 0.15) is 37.2 Å². The number of hydrogen-bond donors (Lipinski definition) is 3. The van der Waals surface area contributed by atoms with Crippen molar-refractivity contribution >= 4 is 24.2 Å². The van der Waals surface area contributed by atoms with E-state index in [0.717, 1.165) is 25.9 Å². The Balaban J connectivity index is 0.00000242. The van der Waals surface area contributed by atoms with Gasteiger partial charge in [-0.25, -0.2) is 0 Å². The summed E-state index contributed by atoms with van der Waals surface area (Å²) in [5.74, 6) is -0.289. The van der Waals surface area contributed by atoms with Crippen LogP contribution in [0.5, 0.6) is 0 Å². The first kappa shape index (κ1) is 18.5. The van der Waals surface area contributed by atoms with E-state index in [2.05, 4.69) is 16.0 Å². The van der Waals surface area contributed by atoms with E-state index in [1.54, 1.807) is 12.1 Å². The highest BCUT2D eigenvalue weighted by Gasteiger charge is 2.27. The number of rotatable bonds is 5. The second-order valence-corrected chi connectivity index (χ2v) is 5.72. The van der Waals surface area contributed by atoms with Crippen molar-refractivity contribution in [3.63, 3.8) is 0 Å². The maximum atomic E-state index is 12.4. The average Bonchev–Trinajstić information content (AvgIpc) is 2.99. The first-order valence-corrected chi connectivity index (χ1v) is 7.43. The minimum absolute atomic E-state index is 0. The summed E-state index contributed by atoms with van der Waals surface area (Å²) in [5.41, 5.74) is 0. The second-order valence-electron chi connectivity index (χ2n) is 5.72. The van der Waals surface area contributed by atoms with Gasteiger partial charge in [-0.2, -0.15) is 0 Å². The minimum atomic E-state index is -0.565. The standard InChI is InChI=1S/C15H23N3O3.ClH/c1-10(2)13(18-14(19)12-6-4-8-21-12)15(20)17-11-5-3-7-16-9-11;/h4,6,8,10-11,13,16H,3,5,7,9H2,1-2H3,(H,17,20)(H,18,19);1H. The maximum absolute atomic E-state index is 12.4. The smallest absolute Gasteiger partial charge is 0.287 e. The highest BCUT2D eigenvalue weighted by Crippen LogP contribution is 2.08. The van der Waals surface area contributed by atoms with Crippen LogP contribution in [0, 0.1) is 5.92 Å². The number of furan rings is 1. The molecule has 0 aliphatic carbocycles. The number of piperidine rings is 1. The fraction of sp³-hybridized carbons (Fsp3) is 0.600. The number of carbonyl (C=O) groups is 2. The van der Waals surface area contributed by atoms with Gasteiger partial charge in [-0.05, 0) is 37.4 Å². The Kier molecular flexibility index (Phi) is 7.41. The summed E-state index contributed by atoms with van der Waals surface area (Å²) in [6, 6.07) is 2.79. The van der Waals surface area contributed by atoms with Crippen LogP contribution in [-0.2, 0) is 4.79 Å². The third kappa shape index (κ3) is 5.03. The van der Waals surface area contributed by atoms with E-state index in [9.17, 15) is 9.59 Å². The molecule has 124 valence electrons. The molecule has 22 heavy (non-hydrogen) atoms. The van der Waals surface area contributed by atoms with Crippen LogP contribution in [0.3, 0.4) is 0 Å². The molecule has 1 saturated heterocycles. The van der Waals surface area contributed by atoms with Crippen molar-refractivity contribution in [1.82, 2.24) is 16.0 Å². The monoisotopic (exact) mass is 329 g/mol. The third-order valence-electron chi connectivity index (χ3n) is 3.62. The molecule has 0 bridgehead atoms. The fourth-order valence-electron chi connectivity index (χ4n) is 2.42. The summed E-state index contributed by atoms with van der Waals surface area (Å²) in [7, 11) is 0. The summed E-state index contributed by atoms with van der Waals surface area (Å²) < 4.78 is 5.05. The van der Waals surface area contributed by atoms with Crippen LogP contribution in [0.15, 0.2) is 22.8 Å². The molecule has 2 unspecified atom stereocenters. The number of amides is 2. The molecule has 0 saturated carbocycles. The van der Waals surface area contributed by atoms with Gasteiger partial charge in [0.1, 0.15) is 6.04 Å². The van der Waals surface area contributed by atoms with Gasteiger partial charge in [-0.3, -0.25) is 9.59 Å². The fourth-order valence-corrected chi connectivity index (χ4v) is 2.42. The van der Waals surface area contributed by atoms with Crippen LogP contribution in [0.4, 0.5) is 0 Å². The van der Waals surface area contributed by atoms with Crippen molar-refractivity contribution in [2.24, 2.45) is 5.92 Å². The highest BCUT2D eigenvalue weighted by atomic mass is 35.5. The van der Waals surface area contributed by atoms with Crippen LogP contribution >= 0.6 is 12.4 Å². The van der Waals surface area contributed by atoms with Gasteiger partial charge < -0.3 is 20.4 Å². The first-order chi connectivity index (χ1) is 10.1. The number of hydrogen-bond acceptors (Lipinski definition) is 4. The van der Waals surface area contributed by atoms with Crippen molar-refractivity contribution < 1.29 is 14.0 Å². The van der Waals surface area contributed by atoms with Gasteiger partial charge in [0.2, 0.25) is 5.91 Å². The zero-order valence-corrected chi connectivity index (χ0v) is 13.7. The van der Waals surface area contributed by atoms with Crippen molar-refractivity contribution in [3.8, 4) is 0 Å². The second kappa shape index (κ2) is 8.80. The average molecular weight is 330 g/mol. The normalized spacial score (nSPS) is 19.1. The van der Waals surface area contributed by atoms with Crippen LogP contribution < -0.4 is 16.0 Å². The molecule has 7 heteroatoms. The Morgan fingerprint density at radius 1 is 1.41 bits per heavy atom. The SMILES string of the molecule is CC(C)C(NC(=O)c1ccco1)C(=O)NC1CCCNC1.Cl. The van der Waals surface area contributed by atoms with Gasteiger partial charge in [0.15, 0.2) is 5.76 Å². The zero-order chi connectivity index (χ0) is 15.2. The topological polar surface area (TPSA) is 83.4 Å². The van der Waals surface area contributed by atoms with Crippen LogP contribution in [0.2, 0.25) is 0 Å². The molecule has 1 fully saturated rings. The van der Waals surface area contributed by atoms with Crippen molar-refractivity contribution in [2.75, 3.05) is 13.1 Å². The quantitative estimate of drug-likeness (QED) is 0.761. The van der Waals surface area contributed by atoms with Gasteiger partial charge in [0, 0.05) is 12.6 Å². The lowest BCUT2D eigenvalue weighted by Gasteiger charge is -2.27. The number of carbonyl (C=O) groups excluding carboxylic acids is 2. The highest BCUT2D eigenvalue weighted by molar-refractivity contribution is 5.95. The molecule has 3 N–H and O–H groups in total. The molecule has 0 spiro atoms. The lowest BCUT2D eigenvalue weighted by Crippen LogP contribution is -2.54. The number of nitrogens with one attached hydrogen (secondary N) is 3. The molecule has 6 nitrogen and oxygen atoms in total. The van der Waals surface area contributed by atoms with E-state index in [1.165, 1.54) is 6.26 Å². The predicted octanol–water partition coefficient (Wildman–Crippen LogP) is 1.32. The van der Waals surface area contributed by atoms with Crippen LogP contribution in [0.25, 0.3) is 0 Å². The van der Waals surface area contributed by atoms with E-state index >= 15 is 0 Å². The third-order valence-corrected chi connectivity index (χ3v) is 3.62. The van der Waals surface area contributed by atoms with E-state index in [0.29, 0.717) is 0 Å². The van der Waals surface area contributed by atoms with Crippen molar-refractivity contribution in [3.05, 3.63) is 24.2 Å². The Hall–Kier alpha value is -1.53.